The Hall–Kier alpha value is -2.37. The van der Waals surface area contributed by atoms with Gasteiger partial charge in [-0.25, -0.2) is 0 Å². The van der Waals surface area contributed by atoms with E-state index in [1.165, 1.54) is 218 Å². The van der Waals surface area contributed by atoms with E-state index in [0.29, 0.717) is 19.3 Å². The maximum atomic E-state index is 12.9. The number of ether oxygens (including phenoxy) is 3. The highest BCUT2D eigenvalue weighted by Gasteiger charge is 2.19. The van der Waals surface area contributed by atoms with Gasteiger partial charge in [0.2, 0.25) is 0 Å². The van der Waals surface area contributed by atoms with Gasteiger partial charge in [0.25, 0.3) is 0 Å². The summed E-state index contributed by atoms with van der Waals surface area (Å²) in [6.07, 6.45) is 71.5. The summed E-state index contributed by atoms with van der Waals surface area (Å²) in [7, 11) is 0. The van der Waals surface area contributed by atoms with Crippen LogP contribution in [0.2, 0.25) is 0 Å². The van der Waals surface area contributed by atoms with E-state index in [-0.39, 0.29) is 31.1 Å². The van der Waals surface area contributed by atoms with Crippen LogP contribution in [0.5, 0.6) is 0 Å². The zero-order chi connectivity index (χ0) is 50.7. The monoisotopic (exact) mass is 983 g/mol. The van der Waals surface area contributed by atoms with Gasteiger partial charge in [0.15, 0.2) is 6.10 Å². The first kappa shape index (κ1) is 67.6. The molecule has 0 N–H and O–H groups in total. The minimum absolute atomic E-state index is 0.0720. The molecule has 0 saturated carbocycles. The highest BCUT2D eigenvalue weighted by atomic mass is 16.6. The third kappa shape index (κ3) is 56.5. The number of unbranched alkanes of at least 4 members (excludes halogenated alkanes) is 40. The molecule has 1 atom stereocenters. The van der Waals surface area contributed by atoms with Gasteiger partial charge in [-0.1, -0.05) is 282 Å². The fraction of sp³-hybridized carbons (Fsp3) is 0.859. The molecule has 0 bridgehead atoms. The van der Waals surface area contributed by atoms with Crippen LogP contribution in [0, 0.1) is 0 Å². The third-order valence-corrected chi connectivity index (χ3v) is 13.8. The molecular formula is C64H118O6. The minimum Gasteiger partial charge on any atom is -0.462 e. The fourth-order valence-corrected chi connectivity index (χ4v) is 9.18. The lowest BCUT2D eigenvalue weighted by Gasteiger charge is -2.18. The van der Waals surface area contributed by atoms with Gasteiger partial charge in [-0.15, -0.1) is 0 Å². The Kier molecular flexibility index (Phi) is 57.2. The SMILES string of the molecule is CCC/C=C\CCCCCCCC(=O)OCC(COC(=O)CCCCCCCCCCCCC/C=C\C/C=C\CCCCCCC)OC(=O)CCCCCCCCCCCCCCCCCCCCC. The molecule has 0 aliphatic carbocycles. The number of hydrogen-bond donors (Lipinski definition) is 0. The summed E-state index contributed by atoms with van der Waals surface area (Å²) >= 11 is 0. The van der Waals surface area contributed by atoms with Gasteiger partial charge in [-0.05, 0) is 70.6 Å². The van der Waals surface area contributed by atoms with E-state index < -0.39 is 6.10 Å². The predicted molar refractivity (Wildman–Crippen MR) is 302 cm³/mol. The largest absolute Gasteiger partial charge is 0.462 e. The van der Waals surface area contributed by atoms with E-state index >= 15 is 0 Å². The summed E-state index contributed by atoms with van der Waals surface area (Å²) in [6.45, 7) is 6.61. The summed E-state index contributed by atoms with van der Waals surface area (Å²) in [5, 5.41) is 0. The van der Waals surface area contributed by atoms with E-state index in [9.17, 15) is 14.4 Å². The second-order valence-electron chi connectivity index (χ2n) is 21.0. The molecule has 1 unspecified atom stereocenters. The Morgan fingerprint density at radius 3 is 0.857 bits per heavy atom. The molecule has 0 aromatic rings. The Labute approximate surface area is 435 Å². The lowest BCUT2D eigenvalue weighted by Crippen LogP contribution is -2.30. The third-order valence-electron chi connectivity index (χ3n) is 13.8. The summed E-state index contributed by atoms with van der Waals surface area (Å²) in [5.41, 5.74) is 0. The smallest absolute Gasteiger partial charge is 0.306 e. The number of esters is 3. The highest BCUT2D eigenvalue weighted by molar-refractivity contribution is 5.71. The Morgan fingerprint density at radius 2 is 0.543 bits per heavy atom. The van der Waals surface area contributed by atoms with Crippen molar-refractivity contribution in [3.05, 3.63) is 36.5 Å². The van der Waals surface area contributed by atoms with Crippen molar-refractivity contribution in [2.24, 2.45) is 0 Å². The Bertz CT molecular complexity index is 1170. The molecule has 0 heterocycles. The van der Waals surface area contributed by atoms with Crippen LogP contribution in [0.15, 0.2) is 36.5 Å². The van der Waals surface area contributed by atoms with Crippen LogP contribution in [0.4, 0.5) is 0 Å². The van der Waals surface area contributed by atoms with E-state index in [2.05, 4.69) is 57.2 Å². The van der Waals surface area contributed by atoms with Crippen molar-refractivity contribution in [3.63, 3.8) is 0 Å². The van der Waals surface area contributed by atoms with Gasteiger partial charge < -0.3 is 14.2 Å². The van der Waals surface area contributed by atoms with Gasteiger partial charge in [-0.2, -0.15) is 0 Å². The van der Waals surface area contributed by atoms with Crippen molar-refractivity contribution >= 4 is 17.9 Å². The minimum atomic E-state index is -0.773. The van der Waals surface area contributed by atoms with Gasteiger partial charge in [0.05, 0.1) is 0 Å². The van der Waals surface area contributed by atoms with Crippen molar-refractivity contribution in [1.82, 2.24) is 0 Å². The lowest BCUT2D eigenvalue weighted by atomic mass is 10.0. The normalized spacial score (nSPS) is 12.2. The van der Waals surface area contributed by atoms with Gasteiger partial charge in [-0.3, -0.25) is 14.4 Å². The Morgan fingerprint density at radius 1 is 0.286 bits per heavy atom. The molecule has 6 heteroatoms. The molecule has 0 fully saturated rings. The molecule has 70 heavy (non-hydrogen) atoms. The second kappa shape index (κ2) is 59.2. The van der Waals surface area contributed by atoms with E-state index in [0.717, 1.165) is 77.0 Å². The topological polar surface area (TPSA) is 78.9 Å². The van der Waals surface area contributed by atoms with Crippen LogP contribution in [0.1, 0.15) is 335 Å². The molecule has 0 aliphatic heterocycles. The molecule has 0 aromatic heterocycles. The molecule has 0 aliphatic rings. The van der Waals surface area contributed by atoms with Crippen molar-refractivity contribution in [1.29, 1.82) is 0 Å². The predicted octanol–water partition coefficient (Wildman–Crippen LogP) is 20.8. The maximum absolute atomic E-state index is 12.9. The molecule has 0 aromatic carbocycles. The van der Waals surface area contributed by atoms with Crippen LogP contribution < -0.4 is 0 Å². The first-order valence-electron chi connectivity index (χ1n) is 31.0. The van der Waals surface area contributed by atoms with Crippen LogP contribution in [-0.4, -0.2) is 37.2 Å². The van der Waals surface area contributed by atoms with Crippen LogP contribution >= 0.6 is 0 Å². The van der Waals surface area contributed by atoms with E-state index in [1.54, 1.807) is 0 Å². The van der Waals surface area contributed by atoms with Crippen molar-refractivity contribution < 1.29 is 28.6 Å². The molecule has 0 amide bonds. The molecular weight excluding hydrogens is 865 g/mol. The van der Waals surface area contributed by atoms with Gasteiger partial charge in [0, 0.05) is 19.3 Å². The quantitative estimate of drug-likeness (QED) is 0.0261. The van der Waals surface area contributed by atoms with Crippen LogP contribution in [0.3, 0.4) is 0 Å². The Balaban J connectivity index is 4.22. The van der Waals surface area contributed by atoms with Crippen molar-refractivity contribution in [2.75, 3.05) is 13.2 Å². The van der Waals surface area contributed by atoms with E-state index in [4.69, 9.17) is 14.2 Å². The molecule has 410 valence electrons. The first-order chi connectivity index (χ1) is 34.5. The summed E-state index contributed by atoms with van der Waals surface area (Å²) in [6, 6.07) is 0. The van der Waals surface area contributed by atoms with E-state index in [1.807, 2.05) is 0 Å². The number of carbonyl (C=O) groups is 3. The first-order valence-corrected chi connectivity index (χ1v) is 31.0. The average molecular weight is 984 g/mol. The van der Waals surface area contributed by atoms with Gasteiger partial charge >= 0.3 is 17.9 Å². The summed E-state index contributed by atoms with van der Waals surface area (Å²) in [4.78, 5) is 38.2. The summed E-state index contributed by atoms with van der Waals surface area (Å²) in [5.74, 6) is -0.865. The maximum Gasteiger partial charge on any atom is 0.306 e. The van der Waals surface area contributed by atoms with Crippen LogP contribution in [0.25, 0.3) is 0 Å². The number of rotatable bonds is 57. The molecule has 0 spiro atoms. The molecule has 0 saturated heterocycles. The van der Waals surface area contributed by atoms with Crippen molar-refractivity contribution in [3.8, 4) is 0 Å². The number of carbonyl (C=O) groups excluding carboxylic acids is 3. The highest BCUT2D eigenvalue weighted by Crippen LogP contribution is 2.17. The lowest BCUT2D eigenvalue weighted by molar-refractivity contribution is -0.167. The second-order valence-corrected chi connectivity index (χ2v) is 21.0. The molecule has 0 radical (unpaired) electrons. The average Bonchev–Trinajstić information content (AvgIpc) is 3.36. The van der Waals surface area contributed by atoms with Crippen molar-refractivity contribution in [2.45, 2.75) is 341 Å². The van der Waals surface area contributed by atoms with Crippen LogP contribution in [-0.2, 0) is 28.6 Å². The standard InChI is InChI=1S/C64H118O6/c1-4-7-10-13-16-19-22-24-26-28-30-31-32-33-35-36-38-40-42-45-48-51-54-57-63(66)69-60-61(59-68-62(65)56-53-50-47-44-21-18-15-12-9-6-3)70-64(67)58-55-52-49-46-43-41-39-37-34-29-27-25-23-20-17-14-11-8-5-2/h12,15,22,24,28,30,61H,4-11,13-14,16-21,23,25-27,29,31-60H2,1-3H3/b15-12-,24-22-,30-28-. The fourth-order valence-electron chi connectivity index (χ4n) is 9.18. The number of hydrogen-bond acceptors (Lipinski definition) is 6. The summed E-state index contributed by atoms with van der Waals surface area (Å²) < 4.78 is 16.9. The molecule has 6 nitrogen and oxygen atoms in total. The zero-order valence-electron chi connectivity index (χ0n) is 47.1. The zero-order valence-corrected chi connectivity index (χ0v) is 47.1. The van der Waals surface area contributed by atoms with Gasteiger partial charge in [0.1, 0.15) is 13.2 Å². The number of allylic oxidation sites excluding steroid dienone is 6. The molecule has 0 rings (SSSR count).